The Hall–Kier alpha value is -2.73. The number of aliphatic carboxylic acids is 2. The third kappa shape index (κ3) is 11.9. The van der Waals surface area contributed by atoms with E-state index in [1.807, 2.05) is 13.8 Å². The largest absolute Gasteiger partial charge is 0.481 e. The van der Waals surface area contributed by atoms with Crippen molar-refractivity contribution in [1.82, 2.24) is 16.0 Å². The number of hydrogen-bond acceptors (Lipinski definition) is 7. The number of nitrogens with two attached hydrogens (primary N) is 2. The summed E-state index contributed by atoms with van der Waals surface area (Å²) in [6.07, 6.45) is 1.55. The molecule has 5 atom stereocenters. The normalized spacial score (nSPS) is 15.5. The molecule has 0 aromatic carbocycles. The molecule has 0 rings (SSSR count). The van der Waals surface area contributed by atoms with Crippen molar-refractivity contribution >= 4 is 29.7 Å². The molecule has 0 aromatic heterocycles. The molecule has 0 bridgehead atoms. The van der Waals surface area contributed by atoms with E-state index in [0.29, 0.717) is 32.2 Å². The van der Waals surface area contributed by atoms with Crippen molar-refractivity contribution < 1.29 is 34.2 Å². The van der Waals surface area contributed by atoms with Crippen molar-refractivity contribution in [2.24, 2.45) is 23.3 Å². The van der Waals surface area contributed by atoms with Gasteiger partial charge < -0.3 is 37.6 Å². The summed E-state index contributed by atoms with van der Waals surface area (Å²) in [5.74, 6) is -5.19. The van der Waals surface area contributed by atoms with Crippen LogP contribution in [0.1, 0.15) is 66.2 Å². The quantitative estimate of drug-likeness (QED) is 0.132. The zero-order valence-corrected chi connectivity index (χ0v) is 20.5. The molecule has 0 aromatic rings. The molecule has 0 fully saturated rings. The third-order valence-corrected chi connectivity index (χ3v) is 5.43. The van der Waals surface area contributed by atoms with Gasteiger partial charge in [-0.05, 0) is 37.6 Å². The first-order valence-corrected chi connectivity index (χ1v) is 11.6. The van der Waals surface area contributed by atoms with Gasteiger partial charge >= 0.3 is 11.9 Å². The van der Waals surface area contributed by atoms with Gasteiger partial charge in [0.05, 0.1) is 12.5 Å². The number of hydrogen-bond donors (Lipinski definition) is 7. The Labute approximate surface area is 200 Å². The molecule has 0 spiro atoms. The van der Waals surface area contributed by atoms with E-state index in [0.717, 1.165) is 0 Å². The Morgan fingerprint density at radius 3 is 1.88 bits per heavy atom. The first-order chi connectivity index (χ1) is 15.8. The van der Waals surface area contributed by atoms with Crippen LogP contribution >= 0.6 is 0 Å². The number of carbonyl (C=O) groups is 5. The zero-order chi connectivity index (χ0) is 26.4. The molecular formula is C22H41N5O7. The summed E-state index contributed by atoms with van der Waals surface area (Å²) in [4.78, 5) is 60.9. The van der Waals surface area contributed by atoms with Crippen LogP contribution in [0.2, 0.25) is 0 Å². The molecule has 0 aliphatic rings. The number of unbranched alkanes of at least 4 members (excludes halogenated alkanes) is 1. The van der Waals surface area contributed by atoms with E-state index in [1.165, 1.54) is 0 Å². The van der Waals surface area contributed by atoms with Crippen molar-refractivity contribution in [1.29, 1.82) is 0 Å². The van der Waals surface area contributed by atoms with E-state index < -0.39 is 60.2 Å². The van der Waals surface area contributed by atoms with Gasteiger partial charge in [0.15, 0.2) is 0 Å². The molecule has 0 aliphatic heterocycles. The van der Waals surface area contributed by atoms with Gasteiger partial charge in [-0.1, -0.05) is 40.5 Å². The Morgan fingerprint density at radius 1 is 0.853 bits per heavy atom. The van der Waals surface area contributed by atoms with Crippen molar-refractivity contribution in [3.8, 4) is 0 Å². The number of amides is 3. The highest BCUT2D eigenvalue weighted by Gasteiger charge is 2.33. The van der Waals surface area contributed by atoms with E-state index in [2.05, 4.69) is 16.0 Å². The van der Waals surface area contributed by atoms with Gasteiger partial charge in [0.2, 0.25) is 17.7 Å². The van der Waals surface area contributed by atoms with Crippen LogP contribution in [0, 0.1) is 11.8 Å². The van der Waals surface area contributed by atoms with E-state index in [4.69, 9.17) is 11.5 Å². The third-order valence-electron chi connectivity index (χ3n) is 5.43. The summed E-state index contributed by atoms with van der Waals surface area (Å²) in [6.45, 7) is 7.54. The lowest BCUT2D eigenvalue weighted by Gasteiger charge is -2.27. The molecule has 12 heteroatoms. The van der Waals surface area contributed by atoms with Gasteiger partial charge in [0, 0.05) is 0 Å². The lowest BCUT2D eigenvalue weighted by atomic mass is 9.97. The molecular weight excluding hydrogens is 446 g/mol. The second-order valence-electron chi connectivity index (χ2n) is 8.95. The molecule has 0 aliphatic carbocycles. The van der Waals surface area contributed by atoms with Crippen LogP contribution in [0.15, 0.2) is 0 Å². The van der Waals surface area contributed by atoms with E-state index in [1.54, 1.807) is 13.8 Å². The first-order valence-electron chi connectivity index (χ1n) is 11.6. The monoisotopic (exact) mass is 487 g/mol. The number of rotatable bonds is 17. The molecule has 0 saturated carbocycles. The van der Waals surface area contributed by atoms with Crippen LogP contribution in [0.5, 0.6) is 0 Å². The highest BCUT2D eigenvalue weighted by molar-refractivity contribution is 5.95. The standard InChI is InChI=1S/C22H41N5O7/c1-5-13(4)18(22(33)34)27-21(32)15(10-12(2)3)26-20(31)16(11-17(28)29)25-19(30)14(24)8-6-7-9-23/h12-16,18H,5-11,23-24H2,1-4H3,(H,25,30)(H,26,31)(H,27,32)(H,28,29)(H,33,34). The molecule has 34 heavy (non-hydrogen) atoms. The van der Waals surface area contributed by atoms with Crippen molar-refractivity contribution in [2.45, 2.75) is 90.4 Å². The lowest BCUT2D eigenvalue weighted by molar-refractivity contribution is -0.144. The predicted molar refractivity (Wildman–Crippen MR) is 125 cm³/mol. The molecule has 5 unspecified atom stereocenters. The minimum absolute atomic E-state index is 0.0496. The Morgan fingerprint density at radius 2 is 1.41 bits per heavy atom. The van der Waals surface area contributed by atoms with Crippen molar-refractivity contribution in [3.05, 3.63) is 0 Å². The SMILES string of the molecule is CCC(C)C(NC(=O)C(CC(C)C)NC(=O)C(CC(=O)O)NC(=O)C(N)CCCCN)C(=O)O. The Balaban J connectivity index is 5.49. The number of carboxylic acid groups (broad SMARTS) is 2. The fourth-order valence-electron chi connectivity index (χ4n) is 3.21. The highest BCUT2D eigenvalue weighted by Crippen LogP contribution is 2.11. The van der Waals surface area contributed by atoms with Gasteiger partial charge in [-0.25, -0.2) is 4.79 Å². The van der Waals surface area contributed by atoms with Crippen molar-refractivity contribution in [3.63, 3.8) is 0 Å². The smallest absolute Gasteiger partial charge is 0.326 e. The van der Waals surface area contributed by atoms with Crippen LogP contribution in [-0.4, -0.2) is 70.6 Å². The second kappa shape index (κ2) is 16.0. The first kappa shape index (κ1) is 31.3. The van der Waals surface area contributed by atoms with Gasteiger partial charge in [-0.3, -0.25) is 19.2 Å². The molecule has 9 N–H and O–H groups in total. The van der Waals surface area contributed by atoms with Crippen LogP contribution in [0.4, 0.5) is 0 Å². The molecule has 3 amide bonds. The lowest BCUT2D eigenvalue weighted by Crippen LogP contribution is -2.58. The maximum atomic E-state index is 12.9. The summed E-state index contributed by atoms with van der Waals surface area (Å²) in [5.41, 5.74) is 11.2. The molecule has 0 heterocycles. The van der Waals surface area contributed by atoms with Crippen LogP contribution in [-0.2, 0) is 24.0 Å². The van der Waals surface area contributed by atoms with Crippen LogP contribution in [0.3, 0.4) is 0 Å². The summed E-state index contributed by atoms with van der Waals surface area (Å²) in [7, 11) is 0. The fourth-order valence-corrected chi connectivity index (χ4v) is 3.21. The Kier molecular flexibility index (Phi) is 14.7. The Bertz CT molecular complexity index is 701. The number of carboxylic acids is 2. The van der Waals surface area contributed by atoms with Gasteiger partial charge in [-0.15, -0.1) is 0 Å². The fraction of sp³-hybridized carbons (Fsp3) is 0.773. The van der Waals surface area contributed by atoms with Gasteiger partial charge in [0.25, 0.3) is 0 Å². The summed E-state index contributed by atoms with van der Waals surface area (Å²) in [6, 6.07) is -4.68. The summed E-state index contributed by atoms with van der Waals surface area (Å²) >= 11 is 0. The highest BCUT2D eigenvalue weighted by atomic mass is 16.4. The summed E-state index contributed by atoms with van der Waals surface area (Å²) < 4.78 is 0. The van der Waals surface area contributed by atoms with E-state index >= 15 is 0 Å². The van der Waals surface area contributed by atoms with Crippen LogP contribution in [0.25, 0.3) is 0 Å². The average molecular weight is 488 g/mol. The zero-order valence-electron chi connectivity index (χ0n) is 20.5. The molecule has 0 saturated heterocycles. The molecule has 196 valence electrons. The minimum atomic E-state index is -1.46. The molecule has 0 radical (unpaired) electrons. The maximum Gasteiger partial charge on any atom is 0.326 e. The van der Waals surface area contributed by atoms with E-state index in [-0.39, 0.29) is 18.3 Å². The van der Waals surface area contributed by atoms with Gasteiger partial charge in [-0.2, -0.15) is 0 Å². The number of nitrogens with one attached hydrogen (secondary N) is 3. The van der Waals surface area contributed by atoms with Crippen molar-refractivity contribution in [2.75, 3.05) is 6.54 Å². The molecule has 12 nitrogen and oxygen atoms in total. The maximum absolute atomic E-state index is 12.9. The topological polar surface area (TPSA) is 214 Å². The van der Waals surface area contributed by atoms with Gasteiger partial charge in [0.1, 0.15) is 18.1 Å². The number of carbonyl (C=O) groups excluding carboxylic acids is 3. The summed E-state index contributed by atoms with van der Waals surface area (Å²) in [5, 5.41) is 25.9. The average Bonchev–Trinajstić information content (AvgIpc) is 2.74. The predicted octanol–water partition coefficient (Wildman–Crippen LogP) is -0.451. The minimum Gasteiger partial charge on any atom is -0.481 e. The van der Waals surface area contributed by atoms with E-state index in [9.17, 15) is 34.2 Å². The van der Waals surface area contributed by atoms with Crippen LogP contribution < -0.4 is 27.4 Å². The second-order valence-corrected chi connectivity index (χ2v) is 8.95.